The highest BCUT2D eigenvalue weighted by molar-refractivity contribution is 7.92. The van der Waals surface area contributed by atoms with E-state index in [1.54, 1.807) is 31.5 Å². The highest BCUT2D eigenvalue weighted by Crippen LogP contribution is 2.34. The van der Waals surface area contributed by atoms with E-state index < -0.39 is 26.6 Å². The maximum absolute atomic E-state index is 12.7. The lowest BCUT2D eigenvalue weighted by Gasteiger charge is -2.13. The molecule has 3 rings (SSSR count). The summed E-state index contributed by atoms with van der Waals surface area (Å²) in [6.07, 6.45) is 3.13. The summed E-state index contributed by atoms with van der Waals surface area (Å²) in [5, 5.41) is 20.5. The summed E-state index contributed by atoms with van der Waals surface area (Å²) >= 11 is 0. The molecule has 0 bridgehead atoms. The number of nitrogens with zero attached hydrogens (tertiary/aromatic N) is 2. The zero-order chi connectivity index (χ0) is 21.2. The van der Waals surface area contributed by atoms with E-state index in [1.165, 1.54) is 30.3 Å². The molecule has 0 atom stereocenters. The van der Waals surface area contributed by atoms with Crippen LogP contribution in [0.4, 0.5) is 11.4 Å². The largest absolute Gasteiger partial charge is 0.478 e. The lowest BCUT2D eigenvalue weighted by atomic mass is 10.0. The van der Waals surface area contributed by atoms with E-state index in [9.17, 15) is 23.3 Å². The molecule has 0 saturated heterocycles. The van der Waals surface area contributed by atoms with Gasteiger partial charge in [0.25, 0.3) is 15.7 Å². The number of benzene rings is 2. The minimum absolute atomic E-state index is 0.220. The van der Waals surface area contributed by atoms with Gasteiger partial charge < -0.3 is 5.11 Å². The predicted octanol–water partition coefficient (Wildman–Crippen LogP) is 3.46. The molecule has 0 fully saturated rings. The van der Waals surface area contributed by atoms with Gasteiger partial charge in [0, 0.05) is 24.0 Å². The number of rotatable bonds is 6. The molecule has 2 N–H and O–H groups in total. The van der Waals surface area contributed by atoms with Crippen molar-refractivity contribution >= 4 is 27.4 Å². The number of nitro benzene ring substituents is 1. The lowest BCUT2D eigenvalue weighted by Crippen LogP contribution is -2.15. The Bertz CT molecular complexity index is 1210. The first-order valence-corrected chi connectivity index (χ1v) is 9.73. The van der Waals surface area contributed by atoms with Gasteiger partial charge in [-0.3, -0.25) is 19.8 Å². The summed E-state index contributed by atoms with van der Waals surface area (Å²) in [5.74, 6) is -1.29. The molecule has 1 aromatic heterocycles. The molecule has 148 valence electrons. The van der Waals surface area contributed by atoms with Gasteiger partial charge in [-0.2, -0.15) is 0 Å². The van der Waals surface area contributed by atoms with Crippen LogP contribution in [0.3, 0.4) is 0 Å². The molecular weight excluding hydrogens is 398 g/mol. The van der Waals surface area contributed by atoms with Crippen LogP contribution in [0.1, 0.15) is 15.9 Å². The molecule has 2 aromatic carbocycles. The lowest BCUT2D eigenvalue weighted by molar-refractivity contribution is -0.383. The second kappa shape index (κ2) is 7.68. The fraction of sp³-hybridized carbons (Fsp3) is 0.0526. The van der Waals surface area contributed by atoms with E-state index in [1.807, 2.05) is 0 Å². The van der Waals surface area contributed by atoms with Crippen LogP contribution in [-0.2, 0) is 10.0 Å². The van der Waals surface area contributed by atoms with Gasteiger partial charge in [0.15, 0.2) is 0 Å². The molecule has 0 unspecified atom stereocenters. The van der Waals surface area contributed by atoms with Crippen molar-refractivity contribution in [2.45, 2.75) is 11.8 Å². The number of sulfonamides is 1. The molecule has 0 radical (unpaired) electrons. The maximum atomic E-state index is 12.7. The van der Waals surface area contributed by atoms with Gasteiger partial charge in [0.2, 0.25) is 0 Å². The molecule has 0 amide bonds. The highest BCUT2D eigenvalue weighted by Gasteiger charge is 2.23. The first kappa shape index (κ1) is 20.0. The molecule has 0 aliphatic carbocycles. The Morgan fingerprint density at radius 2 is 1.93 bits per heavy atom. The Labute approximate surface area is 165 Å². The number of hydrogen-bond acceptors (Lipinski definition) is 6. The van der Waals surface area contributed by atoms with Crippen molar-refractivity contribution in [2.75, 3.05) is 4.72 Å². The SMILES string of the molecule is Cc1cc([N+](=O)[O-])c(NS(=O)(=O)c2cccc(C(=O)O)c2)cc1-c1cccnc1. The van der Waals surface area contributed by atoms with Crippen molar-refractivity contribution in [3.05, 3.63) is 82.2 Å². The van der Waals surface area contributed by atoms with Gasteiger partial charge in [-0.1, -0.05) is 12.1 Å². The molecular formula is C19H15N3O6S. The standard InChI is InChI=1S/C19H15N3O6S/c1-12-8-18(22(25)26)17(10-16(12)14-5-3-7-20-11-14)21-29(27,28)15-6-2-4-13(9-15)19(23)24/h2-11,21H,1H3,(H,23,24). The number of nitrogens with one attached hydrogen (secondary N) is 1. The smallest absolute Gasteiger partial charge is 0.335 e. The van der Waals surface area contributed by atoms with Gasteiger partial charge in [-0.25, -0.2) is 13.2 Å². The normalized spacial score (nSPS) is 11.1. The van der Waals surface area contributed by atoms with Gasteiger partial charge in [0.05, 0.1) is 15.4 Å². The average Bonchev–Trinajstić information content (AvgIpc) is 2.69. The molecule has 0 aliphatic heterocycles. The number of carbonyl (C=O) groups is 1. The zero-order valence-corrected chi connectivity index (χ0v) is 15.9. The molecule has 0 spiro atoms. The van der Waals surface area contributed by atoms with E-state index in [2.05, 4.69) is 9.71 Å². The van der Waals surface area contributed by atoms with E-state index in [0.717, 1.165) is 6.07 Å². The quantitative estimate of drug-likeness (QED) is 0.466. The van der Waals surface area contributed by atoms with Gasteiger partial charge in [-0.15, -0.1) is 0 Å². The Balaban J connectivity index is 2.11. The minimum atomic E-state index is -4.27. The third-order valence-corrected chi connectivity index (χ3v) is 5.51. The van der Waals surface area contributed by atoms with Crippen LogP contribution in [0.5, 0.6) is 0 Å². The van der Waals surface area contributed by atoms with Crippen molar-refractivity contribution in [1.29, 1.82) is 0 Å². The number of hydrogen-bond donors (Lipinski definition) is 2. The molecule has 1 heterocycles. The zero-order valence-electron chi connectivity index (χ0n) is 15.1. The van der Waals surface area contributed by atoms with Crippen molar-refractivity contribution in [1.82, 2.24) is 4.98 Å². The maximum Gasteiger partial charge on any atom is 0.335 e. The molecule has 0 aliphatic rings. The van der Waals surface area contributed by atoms with E-state index in [-0.39, 0.29) is 16.1 Å². The second-order valence-electron chi connectivity index (χ2n) is 6.12. The summed E-state index contributed by atoms with van der Waals surface area (Å²) in [7, 11) is -4.27. The van der Waals surface area contributed by atoms with Crippen LogP contribution < -0.4 is 4.72 Å². The number of aromatic nitrogens is 1. The molecule has 9 nitrogen and oxygen atoms in total. The van der Waals surface area contributed by atoms with Crippen molar-refractivity contribution in [3.63, 3.8) is 0 Å². The van der Waals surface area contributed by atoms with E-state index in [4.69, 9.17) is 5.11 Å². The molecule has 3 aromatic rings. The fourth-order valence-corrected chi connectivity index (χ4v) is 3.87. The minimum Gasteiger partial charge on any atom is -0.478 e. The monoisotopic (exact) mass is 413 g/mol. The van der Waals surface area contributed by atoms with E-state index >= 15 is 0 Å². The number of carboxylic acids is 1. The van der Waals surface area contributed by atoms with Gasteiger partial charge >= 0.3 is 5.97 Å². The number of pyridine rings is 1. The Morgan fingerprint density at radius 3 is 2.55 bits per heavy atom. The number of nitro groups is 1. The average molecular weight is 413 g/mol. The fourth-order valence-electron chi connectivity index (χ4n) is 2.76. The van der Waals surface area contributed by atoms with Crippen LogP contribution in [-0.4, -0.2) is 29.4 Å². The van der Waals surface area contributed by atoms with Crippen LogP contribution in [0.15, 0.2) is 65.8 Å². The van der Waals surface area contributed by atoms with Gasteiger partial charge in [-0.05, 0) is 48.4 Å². The molecule has 0 saturated carbocycles. The Kier molecular flexibility index (Phi) is 5.29. The van der Waals surface area contributed by atoms with Crippen molar-refractivity contribution in [2.24, 2.45) is 0 Å². The summed E-state index contributed by atoms with van der Waals surface area (Å²) in [6, 6.07) is 10.8. The van der Waals surface area contributed by atoms with Crippen molar-refractivity contribution in [3.8, 4) is 11.1 Å². The first-order chi connectivity index (χ1) is 13.7. The van der Waals surface area contributed by atoms with Crippen LogP contribution >= 0.6 is 0 Å². The summed E-state index contributed by atoms with van der Waals surface area (Å²) in [4.78, 5) is 25.6. The predicted molar refractivity (Wildman–Crippen MR) is 105 cm³/mol. The Hall–Kier alpha value is -3.79. The molecule has 29 heavy (non-hydrogen) atoms. The number of aromatic carboxylic acids is 1. The van der Waals surface area contributed by atoms with Crippen LogP contribution in [0.2, 0.25) is 0 Å². The topological polar surface area (TPSA) is 140 Å². The third kappa shape index (κ3) is 4.22. The number of aryl methyl sites for hydroxylation is 1. The Morgan fingerprint density at radius 1 is 1.17 bits per heavy atom. The van der Waals surface area contributed by atoms with Gasteiger partial charge in [0.1, 0.15) is 5.69 Å². The van der Waals surface area contributed by atoms with Crippen LogP contribution in [0, 0.1) is 17.0 Å². The summed E-state index contributed by atoms with van der Waals surface area (Å²) < 4.78 is 27.7. The van der Waals surface area contributed by atoms with Crippen LogP contribution in [0.25, 0.3) is 11.1 Å². The highest BCUT2D eigenvalue weighted by atomic mass is 32.2. The van der Waals surface area contributed by atoms with Crippen molar-refractivity contribution < 1.29 is 23.2 Å². The third-order valence-electron chi connectivity index (χ3n) is 4.15. The first-order valence-electron chi connectivity index (χ1n) is 8.24. The molecule has 10 heteroatoms. The number of carboxylic acid groups (broad SMARTS) is 1. The second-order valence-corrected chi connectivity index (χ2v) is 7.80. The number of anilines is 1. The summed E-state index contributed by atoms with van der Waals surface area (Å²) in [5.41, 5.74) is 0.921. The summed E-state index contributed by atoms with van der Waals surface area (Å²) in [6.45, 7) is 1.67. The van der Waals surface area contributed by atoms with E-state index in [0.29, 0.717) is 16.7 Å².